The topological polar surface area (TPSA) is 37.3 Å². The molecule has 0 bridgehead atoms. The Hall–Kier alpha value is -1.79. The van der Waals surface area contributed by atoms with E-state index in [1.165, 1.54) is 18.2 Å². The Balaban J connectivity index is 2.37. The van der Waals surface area contributed by atoms with Gasteiger partial charge in [-0.3, -0.25) is 0 Å². The molecule has 1 heterocycles. The van der Waals surface area contributed by atoms with E-state index in [4.69, 9.17) is 11.6 Å². The van der Waals surface area contributed by atoms with Crippen molar-refractivity contribution in [3.8, 4) is 0 Å². The van der Waals surface area contributed by atoms with Crippen LogP contribution < -0.4 is 0 Å². The Morgan fingerprint density at radius 1 is 1.14 bits per heavy atom. The first kappa shape index (κ1) is 15.6. The second-order valence-corrected chi connectivity index (χ2v) is 5.80. The summed E-state index contributed by atoms with van der Waals surface area (Å²) in [6.45, 7) is 0. The fraction of sp³-hybridized carbons (Fsp3) is 0.0714. The van der Waals surface area contributed by atoms with Gasteiger partial charge < -0.3 is 5.11 Å². The number of alkyl halides is 3. The Labute approximate surface area is 127 Å². The van der Waals surface area contributed by atoms with Gasteiger partial charge in [0.2, 0.25) is 0 Å². The lowest BCUT2D eigenvalue weighted by molar-refractivity contribution is -0.137. The van der Waals surface area contributed by atoms with Gasteiger partial charge in [-0.2, -0.15) is 13.2 Å². The molecule has 0 unspecified atom stereocenters. The van der Waals surface area contributed by atoms with Gasteiger partial charge in [-0.1, -0.05) is 23.7 Å². The summed E-state index contributed by atoms with van der Waals surface area (Å²) in [6, 6.07) is 7.38. The van der Waals surface area contributed by atoms with Crippen LogP contribution in [-0.4, -0.2) is 11.1 Å². The predicted octanol–water partition coefficient (Wildman–Crippen LogP) is 5.05. The molecule has 21 heavy (non-hydrogen) atoms. The summed E-state index contributed by atoms with van der Waals surface area (Å²) in [6.07, 6.45) is -3.11. The summed E-state index contributed by atoms with van der Waals surface area (Å²) < 4.78 is 37.8. The Morgan fingerprint density at radius 3 is 2.19 bits per heavy atom. The van der Waals surface area contributed by atoms with Gasteiger partial charge in [-0.15, -0.1) is 11.3 Å². The molecular formula is C14H8ClF3O2S. The Morgan fingerprint density at radius 2 is 1.76 bits per heavy atom. The molecule has 1 aromatic heterocycles. The zero-order valence-corrected chi connectivity index (χ0v) is 11.9. The average molecular weight is 333 g/mol. The van der Waals surface area contributed by atoms with Crippen LogP contribution in [0.15, 0.2) is 36.4 Å². The predicted molar refractivity (Wildman–Crippen MR) is 76.3 cm³/mol. The van der Waals surface area contributed by atoms with Crippen molar-refractivity contribution in [1.82, 2.24) is 0 Å². The van der Waals surface area contributed by atoms with Crippen LogP contribution in [0.3, 0.4) is 0 Å². The van der Waals surface area contributed by atoms with Gasteiger partial charge in [0.15, 0.2) is 0 Å². The SMILES string of the molecule is O=C(O)/C(=C\c1ccc(C(F)(F)F)cc1)c1ccc(Cl)s1. The van der Waals surface area contributed by atoms with Gasteiger partial charge in [0.25, 0.3) is 0 Å². The average Bonchev–Trinajstić information content (AvgIpc) is 2.81. The summed E-state index contributed by atoms with van der Waals surface area (Å²) in [5.74, 6) is -1.17. The molecule has 7 heteroatoms. The molecule has 0 saturated carbocycles. The van der Waals surface area contributed by atoms with Gasteiger partial charge in [0, 0.05) is 4.88 Å². The van der Waals surface area contributed by atoms with Crippen LogP contribution in [0.25, 0.3) is 11.6 Å². The molecule has 2 aromatic rings. The molecule has 0 atom stereocenters. The van der Waals surface area contributed by atoms with Crippen LogP contribution in [0.4, 0.5) is 13.2 Å². The molecule has 0 aliphatic heterocycles. The maximum absolute atomic E-state index is 12.5. The number of rotatable bonds is 3. The summed E-state index contributed by atoms with van der Waals surface area (Å²) in [5, 5.41) is 9.20. The van der Waals surface area contributed by atoms with Gasteiger partial charge >= 0.3 is 12.1 Å². The first-order chi connectivity index (χ1) is 9.77. The highest BCUT2D eigenvalue weighted by molar-refractivity contribution is 7.17. The van der Waals surface area contributed by atoms with Crippen molar-refractivity contribution >= 4 is 40.6 Å². The second-order valence-electron chi connectivity index (χ2n) is 4.09. The fourth-order valence-corrected chi connectivity index (χ4v) is 2.68. The van der Waals surface area contributed by atoms with E-state index >= 15 is 0 Å². The number of thiophene rings is 1. The smallest absolute Gasteiger partial charge is 0.416 e. The Kier molecular flexibility index (Phi) is 4.39. The zero-order valence-electron chi connectivity index (χ0n) is 10.3. The molecule has 110 valence electrons. The molecular weight excluding hydrogens is 325 g/mol. The van der Waals surface area contributed by atoms with Crippen LogP contribution in [0.5, 0.6) is 0 Å². The van der Waals surface area contributed by atoms with Crippen LogP contribution >= 0.6 is 22.9 Å². The van der Waals surface area contributed by atoms with Gasteiger partial charge in [0.05, 0.1) is 15.5 Å². The van der Waals surface area contributed by atoms with Gasteiger partial charge in [0.1, 0.15) is 0 Å². The van der Waals surface area contributed by atoms with E-state index in [2.05, 4.69) is 0 Å². The van der Waals surface area contributed by atoms with Crippen LogP contribution in [-0.2, 0) is 11.0 Å². The van der Waals surface area contributed by atoms with Crippen molar-refractivity contribution in [3.05, 3.63) is 56.7 Å². The van der Waals surface area contributed by atoms with Crippen molar-refractivity contribution in [3.63, 3.8) is 0 Å². The maximum Gasteiger partial charge on any atom is 0.416 e. The molecule has 2 nitrogen and oxygen atoms in total. The molecule has 1 N–H and O–H groups in total. The van der Waals surface area contributed by atoms with Crippen molar-refractivity contribution in [2.45, 2.75) is 6.18 Å². The van der Waals surface area contributed by atoms with Crippen LogP contribution in [0, 0.1) is 0 Å². The van der Waals surface area contributed by atoms with E-state index in [0.717, 1.165) is 23.5 Å². The summed E-state index contributed by atoms with van der Waals surface area (Å²) in [7, 11) is 0. The van der Waals surface area contributed by atoms with E-state index in [1.807, 2.05) is 0 Å². The number of carboxylic acids is 1. The van der Waals surface area contributed by atoms with Gasteiger partial charge in [-0.25, -0.2) is 4.79 Å². The normalized spacial score (nSPS) is 12.5. The zero-order chi connectivity index (χ0) is 15.6. The monoisotopic (exact) mass is 332 g/mol. The highest BCUT2D eigenvalue weighted by atomic mass is 35.5. The van der Waals surface area contributed by atoms with Crippen molar-refractivity contribution in [1.29, 1.82) is 0 Å². The minimum atomic E-state index is -4.42. The van der Waals surface area contributed by atoms with Crippen molar-refractivity contribution in [2.75, 3.05) is 0 Å². The highest BCUT2D eigenvalue weighted by Crippen LogP contribution is 2.31. The number of hydrogen-bond acceptors (Lipinski definition) is 2. The van der Waals surface area contributed by atoms with E-state index in [1.54, 1.807) is 12.1 Å². The summed E-state index contributed by atoms with van der Waals surface area (Å²) in [5.41, 5.74) is -0.438. The molecule has 0 saturated heterocycles. The molecule has 1 aromatic carbocycles. The van der Waals surface area contributed by atoms with Crippen LogP contribution in [0.2, 0.25) is 4.34 Å². The lowest BCUT2D eigenvalue weighted by atomic mass is 10.1. The largest absolute Gasteiger partial charge is 0.478 e. The highest BCUT2D eigenvalue weighted by Gasteiger charge is 2.29. The van der Waals surface area contributed by atoms with E-state index < -0.39 is 17.7 Å². The standard InChI is InChI=1S/C14H8ClF3O2S/c15-12-6-5-11(21-12)10(13(19)20)7-8-1-3-9(4-2-8)14(16,17)18/h1-7H,(H,19,20)/b10-7-. The quantitative estimate of drug-likeness (QED) is 0.799. The minimum absolute atomic E-state index is 0.0216. The fourth-order valence-electron chi connectivity index (χ4n) is 1.63. The number of halogens is 4. The molecule has 0 aliphatic carbocycles. The third kappa shape index (κ3) is 3.86. The number of carbonyl (C=O) groups is 1. The summed E-state index contributed by atoms with van der Waals surface area (Å²) >= 11 is 6.84. The van der Waals surface area contributed by atoms with E-state index in [0.29, 0.717) is 14.8 Å². The maximum atomic E-state index is 12.5. The Bertz CT molecular complexity index is 687. The van der Waals surface area contributed by atoms with Crippen molar-refractivity contribution < 1.29 is 23.1 Å². The third-order valence-corrected chi connectivity index (χ3v) is 3.88. The number of carboxylic acid groups (broad SMARTS) is 1. The molecule has 0 radical (unpaired) electrons. The second kappa shape index (κ2) is 5.91. The first-order valence-corrected chi connectivity index (χ1v) is 6.85. The molecule has 0 amide bonds. The lowest BCUT2D eigenvalue weighted by Gasteiger charge is -2.06. The third-order valence-electron chi connectivity index (χ3n) is 2.62. The molecule has 2 rings (SSSR count). The molecule has 0 aliphatic rings. The van der Waals surface area contributed by atoms with Crippen LogP contribution in [0.1, 0.15) is 16.0 Å². The van der Waals surface area contributed by atoms with E-state index in [9.17, 15) is 23.1 Å². The molecule has 0 fully saturated rings. The first-order valence-electron chi connectivity index (χ1n) is 5.65. The number of hydrogen-bond donors (Lipinski definition) is 1. The summed E-state index contributed by atoms with van der Waals surface area (Å²) in [4.78, 5) is 11.7. The molecule has 0 spiro atoms. The lowest BCUT2D eigenvalue weighted by Crippen LogP contribution is -2.04. The number of benzene rings is 1. The number of aliphatic carboxylic acids is 1. The van der Waals surface area contributed by atoms with Gasteiger partial charge in [-0.05, 0) is 35.9 Å². The van der Waals surface area contributed by atoms with Crippen molar-refractivity contribution in [2.24, 2.45) is 0 Å². The minimum Gasteiger partial charge on any atom is -0.478 e. The van der Waals surface area contributed by atoms with E-state index in [-0.39, 0.29) is 5.57 Å².